The summed E-state index contributed by atoms with van der Waals surface area (Å²) in [5.74, 6) is 0.282. The van der Waals surface area contributed by atoms with Crippen LogP contribution in [0.1, 0.15) is 10.4 Å². The van der Waals surface area contributed by atoms with Crippen molar-refractivity contribution in [2.75, 3.05) is 18.5 Å². The normalized spacial score (nSPS) is 11.5. The number of rotatable bonds is 6. The standard InChI is InChI=1S/C27H21NO6S/c1-28(19-10-12-20(32-2)13-11-19)35(30,31)22-7-5-6-18(16-22)27(29)33-21-14-15-26-24(17-21)23-8-3-4-9-25(23)34-26/h3-17H,1-2H3. The lowest BCUT2D eigenvalue weighted by Gasteiger charge is -2.20. The van der Waals surface area contributed by atoms with Gasteiger partial charge in [0.2, 0.25) is 0 Å². The molecule has 1 heterocycles. The zero-order valence-corrected chi connectivity index (χ0v) is 19.8. The molecule has 8 heteroatoms. The topological polar surface area (TPSA) is 86.0 Å². The van der Waals surface area contributed by atoms with E-state index in [1.165, 1.54) is 38.4 Å². The van der Waals surface area contributed by atoms with Crippen molar-refractivity contribution in [3.63, 3.8) is 0 Å². The number of anilines is 1. The summed E-state index contributed by atoms with van der Waals surface area (Å²) in [6.07, 6.45) is 0. The minimum Gasteiger partial charge on any atom is -0.497 e. The number of sulfonamides is 1. The van der Waals surface area contributed by atoms with Crippen molar-refractivity contribution in [1.82, 2.24) is 0 Å². The maximum absolute atomic E-state index is 13.2. The third kappa shape index (κ3) is 4.20. The summed E-state index contributed by atoms with van der Waals surface area (Å²) in [7, 11) is -0.926. The molecule has 5 aromatic rings. The van der Waals surface area contributed by atoms with Gasteiger partial charge in [-0.15, -0.1) is 0 Å². The van der Waals surface area contributed by atoms with E-state index < -0.39 is 16.0 Å². The van der Waals surface area contributed by atoms with Gasteiger partial charge in [-0.05, 0) is 66.7 Å². The monoisotopic (exact) mass is 487 g/mol. The highest BCUT2D eigenvalue weighted by atomic mass is 32.2. The van der Waals surface area contributed by atoms with Crippen LogP contribution in [0.2, 0.25) is 0 Å². The number of fused-ring (bicyclic) bond motifs is 3. The fraction of sp³-hybridized carbons (Fsp3) is 0.0741. The van der Waals surface area contributed by atoms with Crippen molar-refractivity contribution >= 4 is 43.6 Å². The quantitative estimate of drug-likeness (QED) is 0.228. The summed E-state index contributed by atoms with van der Waals surface area (Å²) in [5.41, 5.74) is 2.00. The van der Waals surface area contributed by atoms with Crippen LogP contribution >= 0.6 is 0 Å². The highest BCUT2D eigenvalue weighted by Gasteiger charge is 2.23. The van der Waals surface area contributed by atoms with Crippen molar-refractivity contribution in [1.29, 1.82) is 0 Å². The van der Waals surface area contributed by atoms with E-state index in [9.17, 15) is 13.2 Å². The van der Waals surface area contributed by atoms with Crippen molar-refractivity contribution in [3.8, 4) is 11.5 Å². The van der Waals surface area contributed by atoms with Crippen LogP contribution in [0.5, 0.6) is 11.5 Å². The average Bonchev–Trinajstić information content (AvgIpc) is 3.26. The largest absolute Gasteiger partial charge is 0.497 e. The highest BCUT2D eigenvalue weighted by Crippen LogP contribution is 2.31. The third-order valence-corrected chi connectivity index (χ3v) is 7.50. The molecule has 35 heavy (non-hydrogen) atoms. The Kier molecular flexibility index (Phi) is 5.66. The molecule has 0 amide bonds. The van der Waals surface area contributed by atoms with Gasteiger partial charge in [0.05, 0.1) is 23.3 Å². The maximum atomic E-state index is 13.2. The smallest absolute Gasteiger partial charge is 0.343 e. The first kappa shape index (κ1) is 22.5. The number of ether oxygens (including phenoxy) is 2. The maximum Gasteiger partial charge on any atom is 0.343 e. The zero-order valence-electron chi connectivity index (χ0n) is 19.0. The number of furan rings is 1. The number of carbonyl (C=O) groups is 1. The van der Waals surface area contributed by atoms with Gasteiger partial charge in [0.25, 0.3) is 10.0 Å². The molecule has 0 fully saturated rings. The molecule has 0 bridgehead atoms. The molecule has 0 unspecified atom stereocenters. The first-order valence-corrected chi connectivity index (χ1v) is 12.2. The number of benzene rings is 4. The number of methoxy groups -OCH3 is 1. The Balaban J connectivity index is 1.40. The van der Waals surface area contributed by atoms with Crippen LogP contribution in [0.4, 0.5) is 5.69 Å². The molecule has 0 aliphatic heterocycles. The minimum absolute atomic E-state index is 0.0263. The Morgan fingerprint density at radius 3 is 2.29 bits per heavy atom. The van der Waals surface area contributed by atoms with Crippen LogP contribution in [0.25, 0.3) is 21.9 Å². The first-order valence-electron chi connectivity index (χ1n) is 10.7. The van der Waals surface area contributed by atoms with E-state index in [0.29, 0.717) is 22.8 Å². The molecule has 0 aliphatic carbocycles. The predicted octanol–water partition coefficient (Wildman–Crippen LogP) is 5.64. The van der Waals surface area contributed by atoms with Crippen LogP contribution in [-0.2, 0) is 10.0 Å². The van der Waals surface area contributed by atoms with Crippen LogP contribution in [0, 0.1) is 0 Å². The molecule has 4 aromatic carbocycles. The van der Waals surface area contributed by atoms with Gasteiger partial charge < -0.3 is 13.9 Å². The zero-order chi connectivity index (χ0) is 24.6. The summed E-state index contributed by atoms with van der Waals surface area (Å²) in [5, 5.41) is 1.73. The van der Waals surface area contributed by atoms with Gasteiger partial charge in [-0.2, -0.15) is 0 Å². The average molecular weight is 488 g/mol. The molecule has 176 valence electrons. The van der Waals surface area contributed by atoms with Crippen LogP contribution in [0.3, 0.4) is 0 Å². The second-order valence-electron chi connectivity index (χ2n) is 7.84. The lowest BCUT2D eigenvalue weighted by molar-refractivity contribution is 0.0734. The van der Waals surface area contributed by atoms with Crippen molar-refractivity contribution in [2.24, 2.45) is 0 Å². The number of esters is 1. The number of carbonyl (C=O) groups excluding carboxylic acids is 1. The van der Waals surface area contributed by atoms with Gasteiger partial charge >= 0.3 is 5.97 Å². The lowest BCUT2D eigenvalue weighted by atomic mass is 10.1. The Morgan fingerprint density at radius 1 is 0.800 bits per heavy atom. The fourth-order valence-corrected chi connectivity index (χ4v) is 5.05. The van der Waals surface area contributed by atoms with E-state index in [-0.39, 0.29) is 10.5 Å². The van der Waals surface area contributed by atoms with Crippen LogP contribution in [0.15, 0.2) is 100 Å². The van der Waals surface area contributed by atoms with E-state index in [4.69, 9.17) is 13.9 Å². The fourth-order valence-electron chi connectivity index (χ4n) is 3.81. The third-order valence-electron chi connectivity index (χ3n) is 5.72. The molecule has 0 saturated heterocycles. The lowest BCUT2D eigenvalue weighted by Crippen LogP contribution is -2.26. The van der Waals surface area contributed by atoms with Crippen molar-refractivity contribution < 1.29 is 27.1 Å². The molecule has 7 nitrogen and oxygen atoms in total. The SMILES string of the molecule is COc1ccc(N(C)S(=O)(=O)c2cccc(C(=O)Oc3ccc4oc5ccccc5c4c3)c2)cc1. The van der Waals surface area contributed by atoms with Crippen LogP contribution in [-0.4, -0.2) is 28.5 Å². The second-order valence-corrected chi connectivity index (χ2v) is 9.81. The number of hydrogen-bond donors (Lipinski definition) is 0. The Hall–Kier alpha value is -4.30. The molecule has 0 saturated carbocycles. The Morgan fingerprint density at radius 2 is 1.51 bits per heavy atom. The minimum atomic E-state index is -3.91. The summed E-state index contributed by atoms with van der Waals surface area (Å²) < 4.78 is 44.0. The molecule has 1 aromatic heterocycles. The van der Waals surface area contributed by atoms with Gasteiger partial charge in [0.15, 0.2) is 0 Å². The summed E-state index contributed by atoms with van der Waals surface area (Å²) in [4.78, 5) is 12.8. The van der Waals surface area contributed by atoms with E-state index in [1.807, 2.05) is 24.3 Å². The van der Waals surface area contributed by atoms with E-state index in [2.05, 4.69) is 0 Å². The van der Waals surface area contributed by atoms with Gasteiger partial charge in [-0.3, -0.25) is 4.31 Å². The summed E-state index contributed by atoms with van der Waals surface area (Å²) >= 11 is 0. The van der Waals surface area contributed by atoms with E-state index >= 15 is 0 Å². The van der Waals surface area contributed by atoms with E-state index in [1.54, 1.807) is 42.5 Å². The molecule has 0 N–H and O–H groups in total. The molecule has 0 radical (unpaired) electrons. The van der Waals surface area contributed by atoms with Gasteiger partial charge in [-0.1, -0.05) is 24.3 Å². The highest BCUT2D eigenvalue weighted by molar-refractivity contribution is 7.92. The second kappa shape index (κ2) is 8.81. The van der Waals surface area contributed by atoms with E-state index in [0.717, 1.165) is 20.7 Å². The molecular weight excluding hydrogens is 466 g/mol. The van der Waals surface area contributed by atoms with Gasteiger partial charge in [0, 0.05) is 17.8 Å². The molecule has 0 atom stereocenters. The molecular formula is C27H21NO6S. The van der Waals surface area contributed by atoms with Crippen molar-refractivity contribution in [2.45, 2.75) is 4.90 Å². The molecule has 0 aliphatic rings. The summed E-state index contributed by atoms with van der Waals surface area (Å²) in [6, 6.07) is 25.1. The number of para-hydroxylation sites is 1. The van der Waals surface area contributed by atoms with Gasteiger partial charge in [-0.25, -0.2) is 13.2 Å². The molecule has 0 spiro atoms. The van der Waals surface area contributed by atoms with Crippen LogP contribution < -0.4 is 13.8 Å². The van der Waals surface area contributed by atoms with Crippen molar-refractivity contribution in [3.05, 3.63) is 96.6 Å². The number of nitrogens with zero attached hydrogens (tertiary/aromatic N) is 1. The number of hydrogen-bond acceptors (Lipinski definition) is 6. The van der Waals surface area contributed by atoms with Gasteiger partial charge in [0.1, 0.15) is 22.7 Å². The Labute approximate surface area is 202 Å². The first-order chi connectivity index (χ1) is 16.9. The Bertz CT molecular complexity index is 1650. The predicted molar refractivity (Wildman–Crippen MR) is 134 cm³/mol. The molecule has 5 rings (SSSR count). The summed E-state index contributed by atoms with van der Waals surface area (Å²) in [6.45, 7) is 0.